The summed E-state index contributed by atoms with van der Waals surface area (Å²) in [5, 5.41) is 1.13. The van der Waals surface area contributed by atoms with Crippen LogP contribution in [0.3, 0.4) is 0 Å². The number of nitrogens with zero attached hydrogens (tertiary/aromatic N) is 1. The lowest BCUT2D eigenvalue weighted by Gasteiger charge is -2.09. The fraction of sp³-hybridized carbons (Fsp3) is 0. The minimum atomic E-state index is 0.787. The molecule has 3 rings (SSSR count). The molecule has 3 aromatic rings. The van der Waals surface area contributed by atoms with Gasteiger partial charge in [-0.25, -0.2) is 0 Å². The van der Waals surface area contributed by atoms with E-state index in [1.165, 1.54) is 3.57 Å². The molecule has 0 unspecified atom stereocenters. The van der Waals surface area contributed by atoms with Crippen molar-refractivity contribution in [2.45, 2.75) is 0 Å². The van der Waals surface area contributed by atoms with Crippen LogP contribution in [-0.2, 0) is 0 Å². The van der Waals surface area contributed by atoms with Gasteiger partial charge in [0.05, 0.1) is 11.2 Å². The summed E-state index contributed by atoms with van der Waals surface area (Å²) >= 11 is 2.30. The summed E-state index contributed by atoms with van der Waals surface area (Å²) in [6.07, 6.45) is 2.00. The van der Waals surface area contributed by atoms with E-state index < -0.39 is 0 Å². The zero-order valence-corrected chi connectivity index (χ0v) is 11.8. The molecular weight excluding hydrogens is 337 g/mol. The van der Waals surface area contributed by atoms with Gasteiger partial charge in [0.15, 0.2) is 0 Å². The molecule has 0 radical (unpaired) electrons. The second-order valence-corrected chi connectivity index (χ2v) is 5.37. The molecule has 3 N–H and O–H groups in total. The van der Waals surface area contributed by atoms with Gasteiger partial charge in [-0.05, 0) is 71.1 Å². The maximum Gasteiger partial charge on any atom is 0.0697 e. The third kappa shape index (κ3) is 2.15. The Bertz CT molecular complexity index is 686. The van der Waals surface area contributed by atoms with Crippen LogP contribution in [0.25, 0.3) is 10.9 Å². The third-order valence-corrected chi connectivity index (χ3v) is 3.53. The lowest BCUT2D eigenvalue weighted by molar-refractivity contribution is 1.01. The Morgan fingerprint density at radius 2 is 1.78 bits per heavy atom. The number of aromatic nitrogens is 1. The van der Waals surface area contributed by atoms with Gasteiger partial charge in [0.1, 0.15) is 0 Å². The van der Waals surface area contributed by atoms with E-state index in [4.69, 9.17) is 5.73 Å². The van der Waals surface area contributed by atoms with Crippen molar-refractivity contribution in [3.63, 3.8) is 0 Å². The van der Waals surface area contributed by atoms with Crippen LogP contribution in [0.4, 0.5) is 11.4 Å². The molecule has 4 heteroatoms. The number of hydrogen-bond acceptors (Lipinski definition) is 2. The Kier molecular flexibility index (Phi) is 2.87. The maximum atomic E-state index is 5.77. The van der Waals surface area contributed by atoms with E-state index in [1.807, 2.05) is 35.1 Å². The van der Waals surface area contributed by atoms with Crippen LogP contribution >= 0.6 is 22.6 Å². The van der Waals surface area contributed by atoms with Gasteiger partial charge in [-0.3, -0.25) is 10.1 Å². The van der Waals surface area contributed by atoms with Crippen LogP contribution in [0.15, 0.2) is 54.7 Å². The van der Waals surface area contributed by atoms with E-state index in [0.29, 0.717) is 0 Å². The topological polar surface area (TPSA) is 43.0 Å². The summed E-state index contributed by atoms with van der Waals surface area (Å²) in [7, 11) is 0. The second kappa shape index (κ2) is 4.53. The number of benzene rings is 2. The molecule has 0 spiro atoms. The standard InChI is InChI=1S/C14H12IN3/c15-11-1-4-13(5-2-11)17-18-8-7-10-9-12(16)3-6-14(10)18/h1-9,17H,16H2. The van der Waals surface area contributed by atoms with E-state index in [1.54, 1.807) is 0 Å². The normalized spacial score (nSPS) is 10.7. The molecule has 0 saturated carbocycles. The molecule has 2 aromatic carbocycles. The number of halogens is 1. The van der Waals surface area contributed by atoms with Crippen LogP contribution in [0, 0.1) is 3.57 Å². The third-order valence-electron chi connectivity index (χ3n) is 2.81. The zero-order chi connectivity index (χ0) is 12.5. The Balaban J connectivity index is 1.97. The number of nitrogen functional groups attached to an aromatic ring is 1. The summed E-state index contributed by atoms with van der Waals surface area (Å²) in [6.45, 7) is 0. The number of rotatable bonds is 2. The van der Waals surface area contributed by atoms with Crippen LogP contribution in [0.2, 0.25) is 0 Å². The Morgan fingerprint density at radius 3 is 2.56 bits per heavy atom. The highest BCUT2D eigenvalue weighted by Gasteiger charge is 2.01. The van der Waals surface area contributed by atoms with E-state index in [2.05, 4.69) is 52.3 Å². The lowest BCUT2D eigenvalue weighted by atomic mass is 10.2. The second-order valence-electron chi connectivity index (χ2n) is 4.12. The first kappa shape index (κ1) is 11.4. The van der Waals surface area contributed by atoms with Gasteiger partial charge in [-0.1, -0.05) is 0 Å². The largest absolute Gasteiger partial charge is 0.399 e. The summed E-state index contributed by atoms with van der Waals surface area (Å²) < 4.78 is 3.22. The SMILES string of the molecule is Nc1ccc2c(ccn2Nc2ccc(I)cc2)c1. The predicted octanol–water partition coefficient (Wildman–Crippen LogP) is 3.70. The monoisotopic (exact) mass is 349 g/mol. The van der Waals surface area contributed by atoms with Crippen molar-refractivity contribution in [2.24, 2.45) is 0 Å². The van der Waals surface area contributed by atoms with Crippen LogP contribution in [0.5, 0.6) is 0 Å². The fourth-order valence-electron chi connectivity index (χ4n) is 1.92. The number of nitrogens with one attached hydrogen (secondary N) is 1. The van der Waals surface area contributed by atoms with Crippen molar-refractivity contribution in [2.75, 3.05) is 11.2 Å². The molecule has 0 atom stereocenters. The van der Waals surface area contributed by atoms with E-state index in [-0.39, 0.29) is 0 Å². The number of anilines is 2. The average molecular weight is 349 g/mol. The van der Waals surface area contributed by atoms with Gasteiger partial charge in [0.25, 0.3) is 0 Å². The fourth-order valence-corrected chi connectivity index (χ4v) is 2.28. The molecule has 90 valence electrons. The molecular formula is C14H12IN3. The van der Waals surface area contributed by atoms with Crippen molar-refractivity contribution >= 4 is 44.9 Å². The molecule has 3 nitrogen and oxygen atoms in total. The molecule has 18 heavy (non-hydrogen) atoms. The molecule has 0 saturated heterocycles. The predicted molar refractivity (Wildman–Crippen MR) is 84.5 cm³/mol. The summed E-state index contributed by atoms with van der Waals surface area (Å²) in [6, 6.07) is 16.2. The van der Waals surface area contributed by atoms with Crippen molar-refractivity contribution < 1.29 is 0 Å². The molecule has 0 amide bonds. The van der Waals surface area contributed by atoms with Crippen molar-refractivity contribution in [1.29, 1.82) is 0 Å². The zero-order valence-electron chi connectivity index (χ0n) is 9.60. The molecule has 0 aliphatic rings. The molecule has 0 aliphatic carbocycles. The smallest absolute Gasteiger partial charge is 0.0697 e. The van der Waals surface area contributed by atoms with Crippen molar-refractivity contribution in [1.82, 2.24) is 4.68 Å². The van der Waals surface area contributed by atoms with Crippen molar-refractivity contribution in [3.05, 3.63) is 58.3 Å². The van der Waals surface area contributed by atoms with Gasteiger partial charge in [0.2, 0.25) is 0 Å². The minimum absolute atomic E-state index is 0.787. The van der Waals surface area contributed by atoms with Crippen molar-refractivity contribution in [3.8, 4) is 0 Å². The molecule has 1 heterocycles. The maximum absolute atomic E-state index is 5.77. The van der Waals surface area contributed by atoms with E-state index >= 15 is 0 Å². The highest BCUT2D eigenvalue weighted by Crippen LogP contribution is 2.19. The number of fused-ring (bicyclic) bond motifs is 1. The Hall–Kier alpha value is -1.69. The first-order valence-electron chi connectivity index (χ1n) is 5.61. The van der Waals surface area contributed by atoms with Crippen LogP contribution in [-0.4, -0.2) is 4.68 Å². The highest BCUT2D eigenvalue weighted by molar-refractivity contribution is 14.1. The molecule has 1 aromatic heterocycles. The highest BCUT2D eigenvalue weighted by atomic mass is 127. The molecule has 0 aliphatic heterocycles. The molecule has 0 fully saturated rings. The van der Waals surface area contributed by atoms with E-state index in [0.717, 1.165) is 22.3 Å². The Morgan fingerprint density at radius 1 is 1.00 bits per heavy atom. The van der Waals surface area contributed by atoms with Gasteiger partial charge in [-0.15, -0.1) is 0 Å². The minimum Gasteiger partial charge on any atom is -0.399 e. The first-order chi connectivity index (χ1) is 8.72. The lowest BCUT2D eigenvalue weighted by Crippen LogP contribution is -2.06. The molecule has 0 bridgehead atoms. The van der Waals surface area contributed by atoms with Gasteiger partial charge in [-0.2, -0.15) is 0 Å². The first-order valence-corrected chi connectivity index (χ1v) is 6.69. The summed E-state index contributed by atoms with van der Waals surface area (Å²) in [5.74, 6) is 0. The summed E-state index contributed by atoms with van der Waals surface area (Å²) in [4.78, 5) is 0. The van der Waals surface area contributed by atoms with Gasteiger partial charge >= 0.3 is 0 Å². The van der Waals surface area contributed by atoms with Gasteiger partial charge < -0.3 is 5.73 Å². The Labute approximate surface area is 119 Å². The number of hydrogen-bond donors (Lipinski definition) is 2. The quantitative estimate of drug-likeness (QED) is 0.547. The number of nitrogens with two attached hydrogens (primary N) is 1. The van der Waals surface area contributed by atoms with E-state index in [9.17, 15) is 0 Å². The summed E-state index contributed by atoms with van der Waals surface area (Å²) in [5.41, 5.74) is 12.1. The van der Waals surface area contributed by atoms with Crippen LogP contribution in [0.1, 0.15) is 0 Å². The van der Waals surface area contributed by atoms with Crippen LogP contribution < -0.4 is 11.2 Å². The average Bonchev–Trinajstić information content (AvgIpc) is 2.74. The van der Waals surface area contributed by atoms with Gasteiger partial charge in [0, 0.05) is 20.8 Å².